The third-order valence-corrected chi connectivity index (χ3v) is 5.80. The van der Waals surface area contributed by atoms with E-state index >= 15 is 0 Å². The second-order valence-electron chi connectivity index (χ2n) is 8.03. The standard InChI is InChI=1S/C19H26N2O2.ClH/c1-18(2)12-15(13-5-3-4-6-16(13)23-18)21-17(22)14-11-19(14)7-9-20-10-8-19;/h3-6,14-15,20H,7-12H2,1-2H3,(H,21,22);1H. The fraction of sp³-hybridized carbons (Fsp3) is 0.632. The first-order valence-corrected chi connectivity index (χ1v) is 8.78. The molecule has 1 spiro atoms. The molecule has 1 saturated carbocycles. The minimum absolute atomic E-state index is 0. The molecule has 2 aliphatic heterocycles. The number of halogens is 1. The highest BCUT2D eigenvalue weighted by molar-refractivity contribution is 5.85. The van der Waals surface area contributed by atoms with Gasteiger partial charge >= 0.3 is 0 Å². The van der Waals surface area contributed by atoms with Crippen molar-refractivity contribution in [3.63, 3.8) is 0 Å². The van der Waals surface area contributed by atoms with Crippen LogP contribution in [0.4, 0.5) is 0 Å². The van der Waals surface area contributed by atoms with Crippen LogP contribution in [0, 0.1) is 11.3 Å². The molecule has 2 heterocycles. The third kappa shape index (κ3) is 3.14. The first-order valence-electron chi connectivity index (χ1n) is 8.78. The smallest absolute Gasteiger partial charge is 0.224 e. The SMILES string of the molecule is CC1(C)CC(NC(=O)C2CC23CCNCC3)c2ccccc2O1.Cl. The first-order chi connectivity index (χ1) is 11.0. The van der Waals surface area contributed by atoms with Crippen molar-refractivity contribution in [2.75, 3.05) is 13.1 Å². The van der Waals surface area contributed by atoms with Gasteiger partial charge in [-0.2, -0.15) is 0 Å². The van der Waals surface area contributed by atoms with Gasteiger partial charge in [-0.3, -0.25) is 4.79 Å². The number of rotatable bonds is 2. The summed E-state index contributed by atoms with van der Waals surface area (Å²) in [5, 5.41) is 6.72. The maximum atomic E-state index is 12.8. The van der Waals surface area contributed by atoms with Crippen LogP contribution in [0.25, 0.3) is 0 Å². The number of carbonyl (C=O) groups excluding carboxylic acids is 1. The summed E-state index contributed by atoms with van der Waals surface area (Å²) >= 11 is 0. The van der Waals surface area contributed by atoms with E-state index in [-0.39, 0.29) is 41.3 Å². The number of nitrogens with one attached hydrogen (secondary N) is 2. The number of hydrogen-bond donors (Lipinski definition) is 2. The lowest BCUT2D eigenvalue weighted by atomic mass is 9.88. The molecule has 2 N–H and O–H groups in total. The zero-order valence-corrected chi connectivity index (χ0v) is 15.2. The Hall–Kier alpha value is -1.26. The summed E-state index contributed by atoms with van der Waals surface area (Å²) in [4.78, 5) is 12.8. The lowest BCUT2D eigenvalue weighted by molar-refractivity contribution is -0.124. The van der Waals surface area contributed by atoms with Crippen LogP contribution in [0.1, 0.15) is 51.1 Å². The Labute approximate surface area is 150 Å². The molecular formula is C19H27ClN2O2. The molecule has 1 aromatic rings. The lowest BCUT2D eigenvalue weighted by Gasteiger charge is -2.38. The number of fused-ring (bicyclic) bond motifs is 1. The predicted octanol–water partition coefficient (Wildman–Crippen LogP) is 3.22. The maximum absolute atomic E-state index is 12.8. The van der Waals surface area contributed by atoms with Crippen molar-refractivity contribution in [3.05, 3.63) is 29.8 Å². The summed E-state index contributed by atoms with van der Waals surface area (Å²) in [5.74, 6) is 1.36. The Morgan fingerprint density at radius 1 is 1.21 bits per heavy atom. The average Bonchev–Trinajstić information content (AvgIpc) is 3.20. The van der Waals surface area contributed by atoms with E-state index in [2.05, 4.69) is 30.5 Å². The zero-order valence-electron chi connectivity index (χ0n) is 14.4. The Kier molecular flexibility index (Phi) is 4.56. The van der Waals surface area contributed by atoms with E-state index in [0.717, 1.165) is 50.1 Å². The van der Waals surface area contributed by atoms with Gasteiger partial charge in [-0.05, 0) is 57.7 Å². The lowest BCUT2D eigenvalue weighted by Crippen LogP contribution is -2.42. The van der Waals surface area contributed by atoms with Gasteiger partial charge in [0, 0.05) is 17.9 Å². The number of para-hydroxylation sites is 1. The van der Waals surface area contributed by atoms with E-state index < -0.39 is 0 Å². The number of hydrogen-bond acceptors (Lipinski definition) is 3. The molecule has 3 aliphatic rings. The number of carbonyl (C=O) groups is 1. The molecule has 4 rings (SSSR count). The molecule has 5 heteroatoms. The van der Waals surface area contributed by atoms with Gasteiger partial charge in [-0.15, -0.1) is 12.4 Å². The molecule has 1 saturated heterocycles. The molecule has 4 nitrogen and oxygen atoms in total. The molecule has 2 unspecified atom stereocenters. The Balaban J connectivity index is 0.00000169. The van der Waals surface area contributed by atoms with Crippen molar-refractivity contribution >= 4 is 18.3 Å². The van der Waals surface area contributed by atoms with Crippen LogP contribution in [0.15, 0.2) is 24.3 Å². The molecular weight excluding hydrogens is 324 g/mol. The van der Waals surface area contributed by atoms with Crippen molar-refractivity contribution in [2.45, 2.75) is 51.2 Å². The van der Waals surface area contributed by atoms with Crippen molar-refractivity contribution in [3.8, 4) is 5.75 Å². The van der Waals surface area contributed by atoms with Gasteiger partial charge in [0.15, 0.2) is 0 Å². The molecule has 132 valence electrons. The minimum atomic E-state index is -0.248. The van der Waals surface area contributed by atoms with Gasteiger partial charge in [0.1, 0.15) is 11.4 Å². The Bertz CT molecular complexity index is 626. The molecule has 2 fully saturated rings. The fourth-order valence-corrected chi connectivity index (χ4v) is 4.40. The van der Waals surface area contributed by atoms with Crippen LogP contribution in [-0.4, -0.2) is 24.6 Å². The Morgan fingerprint density at radius 2 is 1.92 bits per heavy atom. The fourth-order valence-electron chi connectivity index (χ4n) is 4.40. The second kappa shape index (κ2) is 6.23. The van der Waals surface area contributed by atoms with Gasteiger partial charge in [-0.25, -0.2) is 0 Å². The van der Waals surface area contributed by atoms with Crippen LogP contribution in [-0.2, 0) is 4.79 Å². The van der Waals surface area contributed by atoms with E-state index in [1.807, 2.05) is 18.2 Å². The predicted molar refractivity (Wildman–Crippen MR) is 96.5 cm³/mol. The molecule has 1 aliphatic carbocycles. The normalized spacial score (nSPS) is 28.9. The van der Waals surface area contributed by atoms with Crippen molar-refractivity contribution < 1.29 is 9.53 Å². The summed E-state index contributed by atoms with van der Waals surface area (Å²) in [5.41, 5.74) is 1.15. The molecule has 1 amide bonds. The molecule has 1 aromatic carbocycles. The summed E-state index contributed by atoms with van der Waals surface area (Å²) in [6.07, 6.45) is 4.16. The van der Waals surface area contributed by atoms with E-state index in [9.17, 15) is 4.79 Å². The van der Waals surface area contributed by atoms with Crippen LogP contribution < -0.4 is 15.4 Å². The van der Waals surface area contributed by atoms with Crippen LogP contribution in [0.2, 0.25) is 0 Å². The first kappa shape index (κ1) is 17.6. The molecule has 0 bridgehead atoms. The monoisotopic (exact) mass is 350 g/mol. The summed E-state index contributed by atoms with van der Waals surface area (Å²) in [6, 6.07) is 8.14. The highest BCUT2D eigenvalue weighted by Gasteiger charge is 2.58. The zero-order chi connectivity index (χ0) is 16.1. The van der Waals surface area contributed by atoms with Gasteiger partial charge in [0.2, 0.25) is 5.91 Å². The second-order valence-corrected chi connectivity index (χ2v) is 8.03. The van der Waals surface area contributed by atoms with Crippen LogP contribution in [0.5, 0.6) is 5.75 Å². The summed E-state index contributed by atoms with van der Waals surface area (Å²) in [7, 11) is 0. The van der Waals surface area contributed by atoms with E-state index in [4.69, 9.17) is 4.74 Å². The van der Waals surface area contributed by atoms with Gasteiger partial charge in [0.05, 0.1) is 6.04 Å². The number of benzene rings is 1. The van der Waals surface area contributed by atoms with E-state index in [1.165, 1.54) is 0 Å². The van der Waals surface area contributed by atoms with Gasteiger partial charge in [0.25, 0.3) is 0 Å². The number of piperidine rings is 1. The molecule has 2 atom stereocenters. The van der Waals surface area contributed by atoms with Crippen LogP contribution in [0.3, 0.4) is 0 Å². The van der Waals surface area contributed by atoms with E-state index in [0.29, 0.717) is 0 Å². The highest BCUT2D eigenvalue weighted by Crippen LogP contribution is 2.58. The van der Waals surface area contributed by atoms with Crippen LogP contribution >= 0.6 is 12.4 Å². The number of ether oxygens (including phenoxy) is 1. The van der Waals surface area contributed by atoms with E-state index in [1.54, 1.807) is 0 Å². The molecule has 0 aromatic heterocycles. The van der Waals surface area contributed by atoms with Gasteiger partial charge in [-0.1, -0.05) is 18.2 Å². The van der Waals surface area contributed by atoms with Gasteiger partial charge < -0.3 is 15.4 Å². The summed E-state index contributed by atoms with van der Waals surface area (Å²) < 4.78 is 6.06. The summed E-state index contributed by atoms with van der Waals surface area (Å²) in [6.45, 7) is 6.29. The van der Waals surface area contributed by atoms with Crippen molar-refractivity contribution in [1.82, 2.24) is 10.6 Å². The molecule has 24 heavy (non-hydrogen) atoms. The largest absolute Gasteiger partial charge is 0.487 e. The quantitative estimate of drug-likeness (QED) is 0.861. The van der Waals surface area contributed by atoms with Crippen molar-refractivity contribution in [2.24, 2.45) is 11.3 Å². The Morgan fingerprint density at radius 3 is 2.67 bits per heavy atom. The highest BCUT2D eigenvalue weighted by atomic mass is 35.5. The van der Waals surface area contributed by atoms with Crippen molar-refractivity contribution in [1.29, 1.82) is 0 Å². The molecule has 0 radical (unpaired) electrons. The maximum Gasteiger partial charge on any atom is 0.224 e. The average molecular weight is 351 g/mol. The third-order valence-electron chi connectivity index (χ3n) is 5.80. The number of amides is 1. The topological polar surface area (TPSA) is 50.4 Å². The minimum Gasteiger partial charge on any atom is -0.487 e.